The molecule has 0 saturated carbocycles. The number of anilines is 3. The lowest BCUT2D eigenvalue weighted by Crippen LogP contribution is -2.54. The van der Waals surface area contributed by atoms with Crippen LogP contribution in [0.5, 0.6) is 0 Å². The summed E-state index contributed by atoms with van der Waals surface area (Å²) in [5.74, 6) is 2.98. The van der Waals surface area contributed by atoms with Crippen LogP contribution >= 0.6 is 0 Å². The van der Waals surface area contributed by atoms with Gasteiger partial charge in [0.25, 0.3) is 0 Å². The molecule has 5 rings (SSSR count). The zero-order valence-corrected chi connectivity index (χ0v) is 17.7. The molecule has 3 heterocycles. The van der Waals surface area contributed by atoms with Gasteiger partial charge in [-0.05, 0) is 38.1 Å². The smallest absolute Gasteiger partial charge is 0.161 e. The third-order valence-corrected chi connectivity index (χ3v) is 5.67. The summed E-state index contributed by atoms with van der Waals surface area (Å²) in [5.41, 5.74) is 3.58. The van der Waals surface area contributed by atoms with Gasteiger partial charge >= 0.3 is 0 Å². The van der Waals surface area contributed by atoms with Crippen molar-refractivity contribution in [3.8, 4) is 12.3 Å². The molecule has 8 heteroatoms. The summed E-state index contributed by atoms with van der Waals surface area (Å²) in [6, 6.07) is 8.15. The van der Waals surface area contributed by atoms with Gasteiger partial charge in [0.1, 0.15) is 5.52 Å². The van der Waals surface area contributed by atoms with Gasteiger partial charge in [-0.1, -0.05) is 5.92 Å². The standard InChI is InChI=1S/C23H24FN7/c1-5-15-7-18(31-10-13(2)25-14(3)11-31)9-20-21(15)23(28-27-20)26-17-6-16-12-30(4)29-22(16)19(24)8-17/h1,6-9,12-14,25H,10-11H2,2-4H3,(H2,26,27,28)/t13-,14-/m0/s1. The van der Waals surface area contributed by atoms with Crippen molar-refractivity contribution in [2.24, 2.45) is 7.05 Å². The fourth-order valence-electron chi connectivity index (χ4n) is 4.49. The van der Waals surface area contributed by atoms with Gasteiger partial charge in [-0.15, -0.1) is 6.42 Å². The molecule has 0 amide bonds. The lowest BCUT2D eigenvalue weighted by Gasteiger charge is -2.37. The number of aryl methyl sites for hydroxylation is 1. The molecule has 0 unspecified atom stereocenters. The molecule has 31 heavy (non-hydrogen) atoms. The monoisotopic (exact) mass is 417 g/mol. The number of hydrogen-bond acceptors (Lipinski definition) is 5. The van der Waals surface area contributed by atoms with Gasteiger partial charge in [-0.25, -0.2) is 4.39 Å². The van der Waals surface area contributed by atoms with E-state index in [1.807, 2.05) is 12.1 Å². The molecule has 0 aliphatic carbocycles. The largest absolute Gasteiger partial charge is 0.368 e. The van der Waals surface area contributed by atoms with Gasteiger partial charge in [0, 0.05) is 60.7 Å². The van der Waals surface area contributed by atoms with E-state index in [2.05, 4.69) is 56.7 Å². The number of halogens is 1. The minimum Gasteiger partial charge on any atom is -0.368 e. The van der Waals surface area contributed by atoms with E-state index >= 15 is 0 Å². The van der Waals surface area contributed by atoms with Crippen molar-refractivity contribution in [3.63, 3.8) is 0 Å². The topological polar surface area (TPSA) is 73.8 Å². The normalized spacial score (nSPS) is 19.1. The van der Waals surface area contributed by atoms with Crippen molar-refractivity contribution in [2.75, 3.05) is 23.3 Å². The molecule has 1 aliphatic heterocycles. The average molecular weight is 417 g/mol. The first-order valence-electron chi connectivity index (χ1n) is 10.3. The lowest BCUT2D eigenvalue weighted by molar-refractivity contribution is 0.407. The maximum atomic E-state index is 14.5. The van der Waals surface area contributed by atoms with E-state index in [4.69, 9.17) is 6.42 Å². The molecule has 2 aromatic carbocycles. The predicted octanol–water partition coefficient (Wildman–Crippen LogP) is 3.50. The van der Waals surface area contributed by atoms with Crippen LogP contribution in [0.15, 0.2) is 30.5 Å². The number of aromatic nitrogens is 4. The number of nitrogens with one attached hydrogen (secondary N) is 3. The summed E-state index contributed by atoms with van der Waals surface area (Å²) in [5, 5.41) is 19.9. The molecule has 7 nitrogen and oxygen atoms in total. The third kappa shape index (κ3) is 3.47. The molecule has 2 aromatic heterocycles. The highest BCUT2D eigenvalue weighted by molar-refractivity contribution is 5.98. The second-order valence-electron chi connectivity index (χ2n) is 8.33. The molecule has 1 aliphatic rings. The van der Waals surface area contributed by atoms with E-state index in [9.17, 15) is 4.39 Å². The summed E-state index contributed by atoms with van der Waals surface area (Å²) in [4.78, 5) is 2.34. The van der Waals surface area contributed by atoms with Crippen molar-refractivity contribution in [2.45, 2.75) is 25.9 Å². The third-order valence-electron chi connectivity index (χ3n) is 5.67. The number of hydrogen-bond donors (Lipinski definition) is 3. The Kier molecular flexibility index (Phi) is 4.56. The molecule has 0 radical (unpaired) electrons. The van der Waals surface area contributed by atoms with Crippen LogP contribution in [0.25, 0.3) is 21.8 Å². The summed E-state index contributed by atoms with van der Waals surface area (Å²) >= 11 is 0. The molecule has 4 aromatic rings. The first-order valence-corrected chi connectivity index (χ1v) is 10.3. The quantitative estimate of drug-likeness (QED) is 0.445. The molecule has 0 bridgehead atoms. The molecule has 1 fully saturated rings. The van der Waals surface area contributed by atoms with E-state index in [0.29, 0.717) is 34.5 Å². The van der Waals surface area contributed by atoms with Crippen LogP contribution in [-0.2, 0) is 7.05 Å². The Morgan fingerprint density at radius 2 is 1.97 bits per heavy atom. The minimum absolute atomic E-state index is 0.341. The van der Waals surface area contributed by atoms with E-state index in [1.165, 1.54) is 6.07 Å². The van der Waals surface area contributed by atoms with Crippen molar-refractivity contribution in [1.29, 1.82) is 0 Å². The van der Waals surface area contributed by atoms with Crippen molar-refractivity contribution in [1.82, 2.24) is 25.3 Å². The number of H-pyrrole nitrogens is 1. The first kappa shape index (κ1) is 19.4. The molecular formula is C23H24FN7. The summed E-state index contributed by atoms with van der Waals surface area (Å²) in [6.45, 7) is 6.17. The Hall–Kier alpha value is -3.57. The van der Waals surface area contributed by atoms with Crippen LogP contribution in [0.1, 0.15) is 19.4 Å². The minimum atomic E-state index is -0.387. The van der Waals surface area contributed by atoms with Crippen molar-refractivity contribution < 1.29 is 4.39 Å². The number of rotatable bonds is 3. The fourth-order valence-corrected chi connectivity index (χ4v) is 4.49. The summed E-state index contributed by atoms with van der Waals surface area (Å²) < 4.78 is 16.1. The Morgan fingerprint density at radius 1 is 1.19 bits per heavy atom. The SMILES string of the molecule is C#Cc1cc(N2C[C@H](C)N[C@@H](C)C2)cc2[nH]nc(Nc3cc(F)c4nn(C)cc4c3)c12. The predicted molar refractivity (Wildman–Crippen MR) is 122 cm³/mol. The molecule has 2 atom stereocenters. The number of piperazine rings is 1. The van der Waals surface area contributed by atoms with Crippen LogP contribution in [0.2, 0.25) is 0 Å². The Labute approximate surface area is 179 Å². The van der Waals surface area contributed by atoms with Crippen LogP contribution in [0.4, 0.5) is 21.6 Å². The maximum Gasteiger partial charge on any atom is 0.161 e. The van der Waals surface area contributed by atoms with Crippen molar-refractivity contribution in [3.05, 3.63) is 41.8 Å². The van der Waals surface area contributed by atoms with E-state index in [-0.39, 0.29) is 5.82 Å². The number of terminal acetylenes is 1. The molecule has 1 saturated heterocycles. The zero-order valence-electron chi connectivity index (χ0n) is 17.7. The summed E-state index contributed by atoms with van der Waals surface area (Å²) in [6.07, 6.45) is 7.65. The van der Waals surface area contributed by atoms with Gasteiger partial charge in [0.05, 0.1) is 10.9 Å². The Morgan fingerprint density at radius 3 is 2.71 bits per heavy atom. The summed E-state index contributed by atoms with van der Waals surface area (Å²) in [7, 11) is 1.77. The maximum absolute atomic E-state index is 14.5. The van der Waals surface area contributed by atoms with Crippen LogP contribution in [-0.4, -0.2) is 45.2 Å². The van der Waals surface area contributed by atoms with Crippen LogP contribution in [0.3, 0.4) is 0 Å². The second kappa shape index (κ2) is 7.29. The number of fused-ring (bicyclic) bond motifs is 2. The Balaban J connectivity index is 1.53. The van der Waals surface area contributed by atoms with E-state index in [1.54, 1.807) is 17.9 Å². The number of aromatic amines is 1. The highest BCUT2D eigenvalue weighted by Gasteiger charge is 2.23. The van der Waals surface area contributed by atoms with Gasteiger partial charge in [0.15, 0.2) is 11.6 Å². The molecule has 3 N–H and O–H groups in total. The molecule has 158 valence electrons. The number of benzene rings is 2. The van der Waals surface area contributed by atoms with Gasteiger partial charge in [0.2, 0.25) is 0 Å². The van der Waals surface area contributed by atoms with E-state index in [0.717, 1.165) is 35.2 Å². The fraction of sp³-hybridized carbons (Fsp3) is 0.304. The molecule has 0 spiro atoms. The zero-order chi connectivity index (χ0) is 21.7. The highest BCUT2D eigenvalue weighted by Crippen LogP contribution is 2.33. The second-order valence-corrected chi connectivity index (χ2v) is 8.33. The average Bonchev–Trinajstić information content (AvgIpc) is 3.30. The van der Waals surface area contributed by atoms with Crippen LogP contribution < -0.4 is 15.5 Å². The lowest BCUT2D eigenvalue weighted by atomic mass is 10.1. The van der Waals surface area contributed by atoms with Gasteiger partial charge < -0.3 is 15.5 Å². The van der Waals surface area contributed by atoms with Gasteiger partial charge in [-0.2, -0.15) is 10.2 Å². The van der Waals surface area contributed by atoms with Crippen molar-refractivity contribution >= 4 is 39.0 Å². The first-order chi connectivity index (χ1) is 14.9. The molecular weight excluding hydrogens is 393 g/mol. The highest BCUT2D eigenvalue weighted by atomic mass is 19.1. The number of nitrogens with zero attached hydrogens (tertiary/aromatic N) is 4. The van der Waals surface area contributed by atoms with Crippen LogP contribution in [0, 0.1) is 18.2 Å². The Bertz CT molecular complexity index is 1320. The van der Waals surface area contributed by atoms with E-state index < -0.39 is 0 Å². The van der Waals surface area contributed by atoms with Gasteiger partial charge in [-0.3, -0.25) is 9.78 Å².